The Morgan fingerprint density at radius 3 is 2.31 bits per heavy atom. The maximum absolute atomic E-state index is 13.7. The number of esters is 1. The second-order valence-electron chi connectivity index (χ2n) is 10.9. The Hall–Kier alpha value is -2.60. The fourth-order valence-corrected chi connectivity index (χ4v) is 5.65. The molecule has 1 aliphatic rings. The van der Waals surface area contributed by atoms with Crippen molar-refractivity contribution in [2.24, 2.45) is 5.92 Å². The van der Waals surface area contributed by atoms with Crippen molar-refractivity contribution in [3.05, 3.63) is 64.7 Å². The third kappa shape index (κ3) is 7.45. The van der Waals surface area contributed by atoms with Gasteiger partial charge in [0.05, 0.1) is 11.0 Å². The molecule has 3 rings (SSSR count). The average molecular weight is 488 g/mol. The van der Waals surface area contributed by atoms with E-state index in [1.807, 2.05) is 18.2 Å². The summed E-state index contributed by atoms with van der Waals surface area (Å²) < 4.78 is 6.02. The molecular formula is C33H45NO2. The predicted molar refractivity (Wildman–Crippen MR) is 148 cm³/mol. The summed E-state index contributed by atoms with van der Waals surface area (Å²) in [5.41, 5.74) is 3.36. The van der Waals surface area contributed by atoms with Crippen molar-refractivity contribution in [3.63, 3.8) is 0 Å². The van der Waals surface area contributed by atoms with E-state index in [1.165, 1.54) is 50.5 Å². The zero-order chi connectivity index (χ0) is 25.8. The molecule has 0 N–H and O–H groups in total. The van der Waals surface area contributed by atoms with E-state index in [1.54, 1.807) is 0 Å². The molecule has 1 aliphatic carbocycles. The Morgan fingerprint density at radius 1 is 0.944 bits per heavy atom. The summed E-state index contributed by atoms with van der Waals surface area (Å²) >= 11 is 0. The molecule has 1 saturated carbocycles. The highest BCUT2D eigenvalue weighted by Gasteiger charge is 2.43. The minimum absolute atomic E-state index is 0.210. The van der Waals surface area contributed by atoms with E-state index in [0.717, 1.165) is 56.1 Å². The van der Waals surface area contributed by atoms with Crippen molar-refractivity contribution in [1.29, 1.82) is 5.26 Å². The second-order valence-corrected chi connectivity index (χ2v) is 10.9. The minimum atomic E-state index is -0.626. The van der Waals surface area contributed by atoms with Crippen LogP contribution in [-0.4, -0.2) is 5.97 Å². The number of carbonyl (C=O) groups is 1. The van der Waals surface area contributed by atoms with Crippen LogP contribution in [0, 0.1) is 17.2 Å². The molecule has 0 aliphatic heterocycles. The quantitative estimate of drug-likeness (QED) is 0.161. The molecule has 1 unspecified atom stereocenters. The average Bonchev–Trinajstić information content (AvgIpc) is 2.91. The Labute approximate surface area is 219 Å². The number of rotatable bonds is 13. The third-order valence-electron chi connectivity index (χ3n) is 7.93. The molecule has 0 radical (unpaired) electrons. The Bertz CT molecular complexity index is 995. The van der Waals surface area contributed by atoms with Crippen LogP contribution in [-0.2, 0) is 23.1 Å². The topological polar surface area (TPSA) is 50.1 Å². The summed E-state index contributed by atoms with van der Waals surface area (Å²) in [4.78, 5) is 13.7. The molecule has 3 heteroatoms. The molecular weight excluding hydrogens is 442 g/mol. The first-order valence-corrected chi connectivity index (χ1v) is 14.4. The summed E-state index contributed by atoms with van der Waals surface area (Å²) in [6, 6.07) is 16.7. The lowest BCUT2D eigenvalue weighted by Gasteiger charge is -2.35. The van der Waals surface area contributed by atoms with Gasteiger partial charge in [-0.05, 0) is 66.8 Å². The van der Waals surface area contributed by atoms with Crippen LogP contribution in [0.3, 0.4) is 0 Å². The molecule has 0 bridgehead atoms. The molecule has 0 aromatic heterocycles. The van der Waals surface area contributed by atoms with Gasteiger partial charge >= 0.3 is 5.97 Å². The molecule has 1 fully saturated rings. The highest BCUT2D eigenvalue weighted by molar-refractivity contribution is 5.85. The van der Waals surface area contributed by atoms with Gasteiger partial charge in [0.1, 0.15) is 11.8 Å². The maximum atomic E-state index is 13.7. The molecule has 194 valence electrons. The van der Waals surface area contributed by atoms with Gasteiger partial charge in [-0.1, -0.05) is 109 Å². The lowest BCUT2D eigenvalue weighted by atomic mass is 9.69. The van der Waals surface area contributed by atoms with E-state index in [2.05, 4.69) is 51.1 Å². The second kappa shape index (κ2) is 14.2. The number of unbranched alkanes of at least 4 members (excludes halogenated alkanes) is 4. The van der Waals surface area contributed by atoms with E-state index in [4.69, 9.17) is 4.74 Å². The fraction of sp³-hybridized carbons (Fsp3) is 0.576. The van der Waals surface area contributed by atoms with Crippen molar-refractivity contribution in [1.82, 2.24) is 0 Å². The summed E-state index contributed by atoms with van der Waals surface area (Å²) in [7, 11) is 0. The minimum Gasteiger partial charge on any atom is -0.424 e. The number of nitriles is 1. The molecule has 36 heavy (non-hydrogen) atoms. The van der Waals surface area contributed by atoms with Crippen LogP contribution < -0.4 is 4.74 Å². The Balaban J connectivity index is 1.75. The number of aryl methyl sites for hydroxylation is 1. The van der Waals surface area contributed by atoms with Crippen LogP contribution in [0.4, 0.5) is 0 Å². The van der Waals surface area contributed by atoms with E-state index in [9.17, 15) is 10.1 Å². The first-order chi connectivity index (χ1) is 17.5. The van der Waals surface area contributed by atoms with Gasteiger partial charge in [-0.15, -0.1) is 0 Å². The number of carbonyl (C=O) groups excluding carboxylic acids is 1. The van der Waals surface area contributed by atoms with Crippen LogP contribution in [0.25, 0.3) is 0 Å². The monoisotopic (exact) mass is 487 g/mol. The first kappa shape index (κ1) is 28.0. The summed E-state index contributed by atoms with van der Waals surface area (Å²) in [6.45, 7) is 6.71. The van der Waals surface area contributed by atoms with Crippen LogP contribution >= 0.6 is 0 Å². The Kier molecular flexibility index (Phi) is 11.1. The molecule has 2 aromatic carbocycles. The van der Waals surface area contributed by atoms with Gasteiger partial charge in [-0.2, -0.15) is 5.26 Å². The van der Waals surface area contributed by atoms with Crippen molar-refractivity contribution >= 4 is 5.97 Å². The van der Waals surface area contributed by atoms with Crippen molar-refractivity contribution in [2.45, 2.75) is 116 Å². The highest BCUT2D eigenvalue weighted by atomic mass is 16.5. The Morgan fingerprint density at radius 2 is 1.64 bits per heavy atom. The molecule has 3 nitrogen and oxygen atoms in total. The van der Waals surface area contributed by atoms with Crippen LogP contribution in [0.5, 0.6) is 5.75 Å². The largest absolute Gasteiger partial charge is 0.424 e. The normalized spacial score (nSPS) is 15.7. The van der Waals surface area contributed by atoms with Crippen molar-refractivity contribution < 1.29 is 9.53 Å². The third-order valence-corrected chi connectivity index (χ3v) is 7.93. The number of hydrogen-bond acceptors (Lipinski definition) is 3. The smallest absolute Gasteiger partial charge is 0.321 e. The van der Waals surface area contributed by atoms with Crippen molar-refractivity contribution in [3.8, 4) is 11.8 Å². The standard InChI is InChI=1S/C33H45NO2/c1-4-6-8-10-14-27-15-18-30(19-16-27)33(21-11-9-12-22-33)32(35)36-31-20-17-28(24-29(31)25-34)23-26(3)13-7-5-2/h15-20,24,26H,4-14,21-23H2,1-3H3. The van der Waals surface area contributed by atoms with Gasteiger partial charge < -0.3 is 4.74 Å². The van der Waals surface area contributed by atoms with Crippen LogP contribution in [0.2, 0.25) is 0 Å². The molecule has 0 saturated heterocycles. The zero-order valence-electron chi connectivity index (χ0n) is 22.8. The SMILES string of the molecule is CCCCCCc1ccc(C2(C(=O)Oc3ccc(CC(C)CCCC)cc3C#N)CCCCC2)cc1. The zero-order valence-corrected chi connectivity index (χ0v) is 22.8. The lowest BCUT2D eigenvalue weighted by molar-refractivity contribution is -0.142. The van der Waals surface area contributed by atoms with Gasteiger partial charge in [-0.3, -0.25) is 4.79 Å². The van der Waals surface area contributed by atoms with E-state index in [0.29, 0.717) is 17.2 Å². The number of nitrogens with zero attached hydrogens (tertiary/aromatic N) is 1. The molecule has 1 atom stereocenters. The number of ether oxygens (including phenoxy) is 1. The van der Waals surface area contributed by atoms with Gasteiger partial charge in [0.2, 0.25) is 0 Å². The molecule has 2 aromatic rings. The van der Waals surface area contributed by atoms with Crippen LogP contribution in [0.1, 0.15) is 120 Å². The summed E-state index contributed by atoms with van der Waals surface area (Å²) in [5, 5.41) is 9.82. The van der Waals surface area contributed by atoms with Gasteiger partial charge in [0.15, 0.2) is 0 Å². The molecule has 0 spiro atoms. The van der Waals surface area contributed by atoms with E-state index in [-0.39, 0.29) is 5.97 Å². The molecule has 0 heterocycles. The summed E-state index contributed by atoms with van der Waals surface area (Å²) in [6.07, 6.45) is 15.5. The van der Waals surface area contributed by atoms with Gasteiger partial charge in [0, 0.05) is 0 Å². The molecule has 0 amide bonds. The van der Waals surface area contributed by atoms with Gasteiger partial charge in [-0.25, -0.2) is 0 Å². The van der Waals surface area contributed by atoms with E-state index >= 15 is 0 Å². The lowest BCUT2D eigenvalue weighted by Crippen LogP contribution is -2.41. The highest BCUT2D eigenvalue weighted by Crippen LogP contribution is 2.41. The van der Waals surface area contributed by atoms with Crippen LogP contribution in [0.15, 0.2) is 42.5 Å². The summed E-state index contributed by atoms with van der Waals surface area (Å²) in [5.74, 6) is 0.758. The van der Waals surface area contributed by atoms with E-state index < -0.39 is 5.41 Å². The fourth-order valence-electron chi connectivity index (χ4n) is 5.65. The first-order valence-electron chi connectivity index (χ1n) is 14.4. The maximum Gasteiger partial charge on any atom is 0.321 e. The number of hydrogen-bond donors (Lipinski definition) is 0. The van der Waals surface area contributed by atoms with Crippen molar-refractivity contribution in [2.75, 3.05) is 0 Å². The van der Waals surface area contributed by atoms with Gasteiger partial charge in [0.25, 0.3) is 0 Å². The number of benzene rings is 2. The predicted octanol–water partition coefficient (Wildman–Crippen LogP) is 8.86.